The average Bonchev–Trinajstić information content (AvgIpc) is 2.89. The molecule has 9 nitrogen and oxygen atoms in total. The van der Waals surface area contributed by atoms with Crippen molar-refractivity contribution >= 4 is 27.6 Å². The van der Waals surface area contributed by atoms with Gasteiger partial charge in [-0.15, -0.1) is 0 Å². The van der Waals surface area contributed by atoms with Gasteiger partial charge in [0.2, 0.25) is 15.9 Å². The van der Waals surface area contributed by atoms with Gasteiger partial charge in [-0.3, -0.25) is 4.79 Å². The first-order valence-electron chi connectivity index (χ1n) is 11.7. The van der Waals surface area contributed by atoms with Gasteiger partial charge < -0.3 is 21.5 Å². The van der Waals surface area contributed by atoms with Crippen molar-refractivity contribution < 1.29 is 22.7 Å². The quantitative estimate of drug-likeness (QED) is 0.208. The molecule has 0 radical (unpaired) electrons. The molecule has 37 heavy (non-hydrogen) atoms. The lowest BCUT2D eigenvalue weighted by Crippen LogP contribution is -2.53. The lowest BCUT2D eigenvalue weighted by molar-refractivity contribution is -0.145. The second-order valence-electron chi connectivity index (χ2n) is 8.67. The van der Waals surface area contributed by atoms with Crippen LogP contribution in [0, 0.1) is 0 Å². The Morgan fingerprint density at radius 1 is 0.811 bits per heavy atom. The SMILES string of the molecule is COC(=O)[C@H](Cc1ccc(N)cc1)NC(=O)[C@@H](Cc1ccc(CN)cc1)NS(=O)(=O)Cc1ccccc1. The Morgan fingerprint density at radius 2 is 1.35 bits per heavy atom. The van der Waals surface area contributed by atoms with Crippen molar-refractivity contribution in [3.05, 3.63) is 101 Å². The molecule has 0 spiro atoms. The van der Waals surface area contributed by atoms with Crippen LogP contribution >= 0.6 is 0 Å². The summed E-state index contributed by atoms with van der Waals surface area (Å²) >= 11 is 0. The van der Waals surface area contributed by atoms with Crippen LogP contribution in [0.2, 0.25) is 0 Å². The Balaban J connectivity index is 1.83. The van der Waals surface area contributed by atoms with Crippen LogP contribution in [0.25, 0.3) is 0 Å². The molecule has 3 rings (SSSR count). The monoisotopic (exact) mass is 524 g/mol. The van der Waals surface area contributed by atoms with Crippen molar-refractivity contribution in [1.82, 2.24) is 10.0 Å². The van der Waals surface area contributed by atoms with Crippen molar-refractivity contribution in [1.29, 1.82) is 0 Å². The number of nitrogen functional groups attached to an aromatic ring is 1. The molecule has 0 saturated heterocycles. The van der Waals surface area contributed by atoms with Crippen molar-refractivity contribution in [2.45, 2.75) is 37.2 Å². The van der Waals surface area contributed by atoms with E-state index >= 15 is 0 Å². The fourth-order valence-corrected chi connectivity index (χ4v) is 5.12. The fraction of sp³-hybridized carbons (Fsp3) is 0.259. The summed E-state index contributed by atoms with van der Waals surface area (Å²) in [6.45, 7) is 0.361. The number of benzene rings is 3. The van der Waals surface area contributed by atoms with E-state index in [0.717, 1.165) is 16.7 Å². The molecule has 6 N–H and O–H groups in total. The molecule has 0 bridgehead atoms. The van der Waals surface area contributed by atoms with E-state index in [4.69, 9.17) is 16.2 Å². The molecule has 0 aromatic heterocycles. The second-order valence-corrected chi connectivity index (χ2v) is 10.4. The predicted molar refractivity (Wildman–Crippen MR) is 143 cm³/mol. The minimum atomic E-state index is -3.90. The molecule has 2 atom stereocenters. The van der Waals surface area contributed by atoms with Gasteiger partial charge >= 0.3 is 5.97 Å². The van der Waals surface area contributed by atoms with Crippen molar-refractivity contribution in [3.8, 4) is 0 Å². The van der Waals surface area contributed by atoms with E-state index in [1.807, 2.05) is 12.1 Å². The van der Waals surface area contributed by atoms with E-state index in [9.17, 15) is 18.0 Å². The third-order valence-electron chi connectivity index (χ3n) is 5.76. The molecule has 0 saturated carbocycles. The lowest BCUT2D eigenvalue weighted by Gasteiger charge is -2.23. The largest absolute Gasteiger partial charge is 0.467 e. The maximum atomic E-state index is 13.4. The molecule has 3 aromatic carbocycles. The van der Waals surface area contributed by atoms with Gasteiger partial charge in [-0.05, 0) is 40.8 Å². The van der Waals surface area contributed by atoms with Gasteiger partial charge in [0.1, 0.15) is 12.1 Å². The van der Waals surface area contributed by atoms with Gasteiger partial charge in [-0.1, -0.05) is 66.7 Å². The number of sulfonamides is 1. The zero-order valence-corrected chi connectivity index (χ0v) is 21.4. The number of carbonyl (C=O) groups is 2. The highest BCUT2D eigenvalue weighted by Crippen LogP contribution is 2.12. The number of rotatable bonds is 12. The van der Waals surface area contributed by atoms with Crippen LogP contribution in [0.15, 0.2) is 78.9 Å². The number of nitrogens with two attached hydrogens (primary N) is 2. The number of methoxy groups -OCH3 is 1. The Morgan fingerprint density at radius 3 is 1.92 bits per heavy atom. The molecular weight excluding hydrogens is 492 g/mol. The Hall–Kier alpha value is -3.73. The van der Waals surface area contributed by atoms with Gasteiger partial charge in [0, 0.05) is 18.7 Å². The normalized spacial score (nSPS) is 12.9. The second kappa shape index (κ2) is 13.0. The topological polar surface area (TPSA) is 154 Å². The summed E-state index contributed by atoms with van der Waals surface area (Å²) in [5.74, 6) is -1.59. The van der Waals surface area contributed by atoms with Crippen molar-refractivity contribution in [2.24, 2.45) is 5.73 Å². The third kappa shape index (κ3) is 8.71. The Bertz CT molecular complexity index is 1280. The van der Waals surface area contributed by atoms with Gasteiger partial charge in [0.25, 0.3) is 0 Å². The molecule has 196 valence electrons. The van der Waals surface area contributed by atoms with Crippen molar-refractivity contribution in [2.75, 3.05) is 12.8 Å². The Labute approximate surface area is 217 Å². The third-order valence-corrected chi connectivity index (χ3v) is 7.12. The molecule has 0 unspecified atom stereocenters. The van der Waals surface area contributed by atoms with Crippen LogP contribution < -0.4 is 21.5 Å². The van der Waals surface area contributed by atoms with E-state index in [1.54, 1.807) is 66.7 Å². The minimum absolute atomic E-state index is 0.0699. The highest BCUT2D eigenvalue weighted by Gasteiger charge is 2.29. The van der Waals surface area contributed by atoms with E-state index in [-0.39, 0.29) is 18.6 Å². The summed E-state index contributed by atoms with van der Waals surface area (Å²) in [5, 5.41) is 2.67. The average molecular weight is 525 g/mol. The molecule has 0 fully saturated rings. The zero-order valence-electron chi connectivity index (χ0n) is 20.6. The number of amides is 1. The van der Waals surface area contributed by atoms with Crippen LogP contribution in [-0.4, -0.2) is 39.5 Å². The number of hydrogen-bond donors (Lipinski definition) is 4. The predicted octanol–water partition coefficient (Wildman–Crippen LogP) is 1.66. The van der Waals surface area contributed by atoms with Crippen LogP contribution in [0.3, 0.4) is 0 Å². The number of carbonyl (C=O) groups excluding carboxylic acids is 2. The summed E-state index contributed by atoms with van der Waals surface area (Å²) in [7, 11) is -2.67. The minimum Gasteiger partial charge on any atom is -0.467 e. The Kier molecular flexibility index (Phi) is 9.78. The van der Waals surface area contributed by atoms with E-state index in [2.05, 4.69) is 10.0 Å². The number of anilines is 1. The smallest absolute Gasteiger partial charge is 0.328 e. The maximum absolute atomic E-state index is 13.4. The van der Waals surface area contributed by atoms with Gasteiger partial charge in [-0.25, -0.2) is 17.9 Å². The molecule has 10 heteroatoms. The first-order chi connectivity index (χ1) is 17.7. The molecule has 0 aliphatic carbocycles. The first kappa shape index (κ1) is 27.9. The van der Waals surface area contributed by atoms with Gasteiger partial charge in [0.05, 0.1) is 12.9 Å². The van der Waals surface area contributed by atoms with Crippen LogP contribution in [-0.2, 0) is 49.5 Å². The summed E-state index contributed by atoms with van der Waals surface area (Å²) in [4.78, 5) is 25.9. The number of hydrogen-bond acceptors (Lipinski definition) is 7. The molecule has 1 amide bonds. The lowest BCUT2D eigenvalue weighted by atomic mass is 10.0. The highest BCUT2D eigenvalue weighted by atomic mass is 32.2. The number of esters is 1. The van der Waals surface area contributed by atoms with Crippen molar-refractivity contribution in [3.63, 3.8) is 0 Å². The van der Waals surface area contributed by atoms with E-state index in [0.29, 0.717) is 17.8 Å². The number of ether oxygens (including phenoxy) is 1. The molecule has 0 heterocycles. The van der Waals surface area contributed by atoms with E-state index < -0.39 is 34.0 Å². The zero-order chi connectivity index (χ0) is 26.8. The number of nitrogens with one attached hydrogen (secondary N) is 2. The highest BCUT2D eigenvalue weighted by molar-refractivity contribution is 7.88. The first-order valence-corrected chi connectivity index (χ1v) is 13.4. The standard InChI is InChI=1S/C27H32N4O5S/c1-36-27(33)25(16-20-11-13-23(29)14-12-20)30-26(32)24(15-19-7-9-21(17-28)10-8-19)31-37(34,35)18-22-5-3-2-4-6-22/h2-14,24-25,31H,15-18,28-29H2,1H3,(H,30,32)/t24-,25+/m1/s1. The molecule has 0 aliphatic rings. The summed E-state index contributed by atoms with van der Waals surface area (Å²) in [6, 6.07) is 20.6. The summed E-state index contributed by atoms with van der Waals surface area (Å²) in [6.07, 6.45) is 0.216. The van der Waals surface area contributed by atoms with E-state index in [1.165, 1.54) is 7.11 Å². The van der Waals surface area contributed by atoms with Crippen LogP contribution in [0.5, 0.6) is 0 Å². The van der Waals surface area contributed by atoms with Gasteiger partial charge in [0.15, 0.2) is 0 Å². The maximum Gasteiger partial charge on any atom is 0.328 e. The van der Waals surface area contributed by atoms with Gasteiger partial charge in [-0.2, -0.15) is 0 Å². The summed E-state index contributed by atoms with van der Waals surface area (Å²) < 4.78 is 33.4. The summed E-state index contributed by atoms with van der Waals surface area (Å²) in [5.41, 5.74) is 14.9. The van der Waals surface area contributed by atoms with Crippen LogP contribution in [0.1, 0.15) is 22.3 Å². The molecule has 3 aromatic rings. The molecular formula is C27H32N4O5S. The molecule has 0 aliphatic heterocycles. The fourth-order valence-electron chi connectivity index (χ4n) is 3.78. The van der Waals surface area contributed by atoms with Crippen LogP contribution in [0.4, 0.5) is 5.69 Å².